The Morgan fingerprint density at radius 1 is 1.13 bits per heavy atom. The summed E-state index contributed by atoms with van der Waals surface area (Å²) in [5.74, 6) is -0.303. The van der Waals surface area contributed by atoms with E-state index in [-0.39, 0.29) is 18.1 Å². The third kappa shape index (κ3) is 4.91. The number of anilines is 1. The molecule has 2 aromatic carbocycles. The van der Waals surface area contributed by atoms with E-state index >= 15 is 0 Å². The van der Waals surface area contributed by atoms with Gasteiger partial charge in [-0.3, -0.25) is 14.9 Å². The molecule has 1 aliphatic rings. The average Bonchev–Trinajstić information content (AvgIpc) is 3.17. The van der Waals surface area contributed by atoms with E-state index < -0.39 is 17.6 Å². The van der Waals surface area contributed by atoms with Crippen LogP contribution in [0.2, 0.25) is 0 Å². The minimum Gasteiger partial charge on any atom is -0.324 e. The smallest absolute Gasteiger partial charge is 0.324 e. The molecule has 1 heterocycles. The number of benzene rings is 2. The van der Waals surface area contributed by atoms with E-state index in [0.717, 1.165) is 18.6 Å². The summed E-state index contributed by atoms with van der Waals surface area (Å²) in [5.41, 5.74) is 2.03. The number of hydrogen-bond donors (Lipinski definition) is 2. The first-order valence-electron chi connectivity index (χ1n) is 9.46. The van der Waals surface area contributed by atoms with Crippen LogP contribution in [0.4, 0.5) is 23.7 Å². The highest BCUT2D eigenvalue weighted by atomic mass is 19.4. The van der Waals surface area contributed by atoms with Crippen LogP contribution in [-0.2, 0) is 12.7 Å². The van der Waals surface area contributed by atoms with Crippen molar-refractivity contribution in [2.45, 2.75) is 26.1 Å². The molecule has 3 rings (SSSR count). The zero-order valence-corrected chi connectivity index (χ0v) is 16.3. The summed E-state index contributed by atoms with van der Waals surface area (Å²) in [6, 6.07) is 10.4. The van der Waals surface area contributed by atoms with Crippen molar-refractivity contribution in [2.24, 2.45) is 5.92 Å². The SMILES string of the molecule is C[C@H]1CCN(C(=O)N(Cc2ccc(C(=O)NO)cc2)c2ccc(C(F)(F)F)cc2)C1. The van der Waals surface area contributed by atoms with Gasteiger partial charge in [0, 0.05) is 24.3 Å². The molecule has 0 radical (unpaired) electrons. The molecule has 1 saturated heterocycles. The molecule has 2 aromatic rings. The van der Waals surface area contributed by atoms with E-state index in [9.17, 15) is 22.8 Å². The van der Waals surface area contributed by atoms with Gasteiger partial charge in [0.1, 0.15) is 0 Å². The molecule has 9 heteroatoms. The second-order valence-corrected chi connectivity index (χ2v) is 7.39. The monoisotopic (exact) mass is 421 g/mol. The number of rotatable bonds is 4. The number of alkyl halides is 3. The number of likely N-dealkylation sites (tertiary alicyclic amines) is 1. The van der Waals surface area contributed by atoms with E-state index in [0.29, 0.717) is 30.3 Å². The van der Waals surface area contributed by atoms with Crippen LogP contribution >= 0.6 is 0 Å². The molecule has 0 saturated carbocycles. The van der Waals surface area contributed by atoms with E-state index in [2.05, 4.69) is 0 Å². The third-order valence-electron chi connectivity index (χ3n) is 5.09. The molecule has 1 atom stereocenters. The molecular formula is C21H22F3N3O3. The Morgan fingerprint density at radius 3 is 2.27 bits per heavy atom. The molecule has 0 aliphatic carbocycles. The minimum atomic E-state index is -4.46. The summed E-state index contributed by atoms with van der Waals surface area (Å²) in [5, 5.41) is 8.71. The van der Waals surface area contributed by atoms with Gasteiger partial charge in [-0.15, -0.1) is 0 Å². The van der Waals surface area contributed by atoms with E-state index in [1.54, 1.807) is 22.5 Å². The normalized spacial score (nSPS) is 16.4. The van der Waals surface area contributed by atoms with Crippen LogP contribution < -0.4 is 10.4 Å². The van der Waals surface area contributed by atoms with Crippen molar-refractivity contribution in [3.05, 3.63) is 65.2 Å². The van der Waals surface area contributed by atoms with Gasteiger partial charge >= 0.3 is 12.2 Å². The van der Waals surface area contributed by atoms with Gasteiger partial charge in [-0.1, -0.05) is 19.1 Å². The Hall–Kier alpha value is -3.07. The molecule has 0 spiro atoms. The van der Waals surface area contributed by atoms with Crippen LogP contribution in [0.1, 0.15) is 34.8 Å². The Morgan fingerprint density at radius 2 is 1.77 bits per heavy atom. The fraction of sp³-hybridized carbons (Fsp3) is 0.333. The fourth-order valence-corrected chi connectivity index (χ4v) is 3.39. The van der Waals surface area contributed by atoms with Crippen LogP contribution in [0, 0.1) is 5.92 Å². The minimum absolute atomic E-state index is 0.121. The van der Waals surface area contributed by atoms with Gasteiger partial charge in [0.25, 0.3) is 5.91 Å². The van der Waals surface area contributed by atoms with Gasteiger partial charge in [0.05, 0.1) is 12.1 Å². The maximum Gasteiger partial charge on any atom is 0.416 e. The highest BCUT2D eigenvalue weighted by Gasteiger charge is 2.32. The van der Waals surface area contributed by atoms with Crippen LogP contribution in [0.5, 0.6) is 0 Å². The predicted octanol–water partition coefficient (Wildman–Crippen LogP) is 4.29. The molecule has 30 heavy (non-hydrogen) atoms. The number of hydrogen-bond acceptors (Lipinski definition) is 3. The first-order valence-corrected chi connectivity index (χ1v) is 9.46. The van der Waals surface area contributed by atoms with Gasteiger partial charge < -0.3 is 4.90 Å². The summed E-state index contributed by atoms with van der Waals surface area (Å²) in [4.78, 5) is 27.7. The third-order valence-corrected chi connectivity index (χ3v) is 5.09. The summed E-state index contributed by atoms with van der Waals surface area (Å²) in [6.07, 6.45) is -3.58. The number of nitrogens with one attached hydrogen (secondary N) is 1. The van der Waals surface area contributed by atoms with E-state index in [4.69, 9.17) is 5.21 Å². The topological polar surface area (TPSA) is 72.9 Å². The first-order chi connectivity index (χ1) is 14.2. The van der Waals surface area contributed by atoms with E-state index in [1.165, 1.54) is 29.2 Å². The Bertz CT molecular complexity index is 898. The Labute approximate surface area is 171 Å². The summed E-state index contributed by atoms with van der Waals surface area (Å²) in [7, 11) is 0. The van der Waals surface area contributed by atoms with Crippen molar-refractivity contribution < 1.29 is 28.0 Å². The number of carbonyl (C=O) groups excluding carboxylic acids is 2. The standard InChI is InChI=1S/C21H22F3N3O3/c1-14-10-11-26(12-14)20(29)27(18-8-6-17(7-9-18)21(22,23)24)13-15-2-4-16(5-3-15)19(28)25-30/h2-9,14,30H,10-13H2,1H3,(H,25,28)/t14-/m0/s1. The van der Waals surface area contributed by atoms with Crippen molar-refractivity contribution in [2.75, 3.05) is 18.0 Å². The Balaban J connectivity index is 1.87. The van der Waals surface area contributed by atoms with Gasteiger partial charge in [-0.05, 0) is 54.3 Å². The first kappa shape index (κ1) is 21.6. The molecular weight excluding hydrogens is 399 g/mol. The Kier molecular flexibility index (Phi) is 6.31. The lowest BCUT2D eigenvalue weighted by atomic mass is 10.1. The number of halogens is 3. The van der Waals surface area contributed by atoms with Crippen molar-refractivity contribution in [3.63, 3.8) is 0 Å². The van der Waals surface area contributed by atoms with Gasteiger partial charge in [-0.25, -0.2) is 10.3 Å². The largest absolute Gasteiger partial charge is 0.416 e. The van der Waals surface area contributed by atoms with Crippen molar-refractivity contribution >= 4 is 17.6 Å². The molecule has 3 amide bonds. The molecule has 0 unspecified atom stereocenters. The number of amides is 3. The van der Waals surface area contributed by atoms with Crippen LogP contribution in [0.15, 0.2) is 48.5 Å². The van der Waals surface area contributed by atoms with Gasteiger partial charge in [0.2, 0.25) is 0 Å². The van der Waals surface area contributed by atoms with Gasteiger partial charge in [-0.2, -0.15) is 13.2 Å². The quantitative estimate of drug-likeness (QED) is 0.571. The van der Waals surface area contributed by atoms with Crippen molar-refractivity contribution in [1.29, 1.82) is 0 Å². The molecule has 2 N–H and O–H groups in total. The maximum atomic E-state index is 13.1. The average molecular weight is 421 g/mol. The highest BCUT2D eigenvalue weighted by molar-refractivity contribution is 5.94. The van der Waals surface area contributed by atoms with Gasteiger partial charge in [0.15, 0.2) is 0 Å². The molecule has 1 fully saturated rings. The van der Waals surface area contributed by atoms with Crippen LogP contribution in [0.25, 0.3) is 0 Å². The summed E-state index contributed by atoms with van der Waals surface area (Å²) in [6.45, 7) is 3.34. The molecule has 0 aromatic heterocycles. The lowest BCUT2D eigenvalue weighted by molar-refractivity contribution is -0.137. The van der Waals surface area contributed by atoms with E-state index in [1.807, 2.05) is 6.92 Å². The highest BCUT2D eigenvalue weighted by Crippen LogP contribution is 2.31. The molecule has 160 valence electrons. The van der Waals surface area contributed by atoms with Crippen LogP contribution in [0.3, 0.4) is 0 Å². The maximum absolute atomic E-state index is 13.1. The predicted molar refractivity (Wildman–Crippen MR) is 104 cm³/mol. The number of hydroxylamine groups is 1. The number of nitrogens with zero attached hydrogens (tertiary/aromatic N) is 2. The van der Waals surface area contributed by atoms with Crippen molar-refractivity contribution in [1.82, 2.24) is 10.4 Å². The summed E-state index contributed by atoms with van der Waals surface area (Å²) < 4.78 is 38.7. The number of urea groups is 1. The lowest BCUT2D eigenvalue weighted by Gasteiger charge is -2.28. The second-order valence-electron chi connectivity index (χ2n) is 7.39. The zero-order valence-electron chi connectivity index (χ0n) is 16.3. The zero-order chi connectivity index (χ0) is 21.9. The second kappa shape index (κ2) is 8.74. The van der Waals surface area contributed by atoms with Crippen molar-refractivity contribution in [3.8, 4) is 0 Å². The fourth-order valence-electron chi connectivity index (χ4n) is 3.39. The molecule has 0 bridgehead atoms. The molecule has 1 aliphatic heterocycles. The lowest BCUT2D eigenvalue weighted by Crippen LogP contribution is -2.42. The van der Waals surface area contributed by atoms with Crippen LogP contribution in [-0.4, -0.2) is 35.1 Å². The summed E-state index contributed by atoms with van der Waals surface area (Å²) >= 11 is 0. The number of carbonyl (C=O) groups is 2. The molecule has 6 nitrogen and oxygen atoms in total.